The number of aromatic nitrogens is 2. The van der Waals surface area contributed by atoms with Crippen LogP contribution in [0.1, 0.15) is 32.5 Å². The van der Waals surface area contributed by atoms with Crippen LogP contribution in [-0.2, 0) is 6.18 Å². The van der Waals surface area contributed by atoms with E-state index in [1.54, 1.807) is 13.0 Å². The molecule has 0 aliphatic rings. The Morgan fingerprint density at radius 3 is 2.56 bits per heavy atom. The zero-order valence-corrected chi connectivity index (χ0v) is 11.2. The van der Waals surface area contributed by atoms with Gasteiger partial charge in [-0.15, -0.1) is 11.8 Å². The first-order valence-corrected chi connectivity index (χ1v) is 6.78. The maximum Gasteiger partial charge on any atom is 0.451 e. The lowest BCUT2D eigenvalue weighted by Crippen LogP contribution is -2.13. The molecule has 0 radical (unpaired) electrons. The van der Waals surface area contributed by atoms with Gasteiger partial charge in [-0.2, -0.15) is 13.2 Å². The van der Waals surface area contributed by atoms with Crippen LogP contribution in [0.4, 0.5) is 19.0 Å². The van der Waals surface area contributed by atoms with Gasteiger partial charge in [-0.1, -0.05) is 13.3 Å². The first-order chi connectivity index (χ1) is 8.47. The third-order valence-electron chi connectivity index (χ3n) is 2.06. The topological polar surface area (TPSA) is 37.8 Å². The number of halogens is 3. The standard InChI is InChI=1S/C11H16F3N3S/c1-3-5-6-18-9-7-8(15-4-2)16-10(17-9)11(12,13)14/h7H,3-6H2,1-2H3,(H,15,16,17). The van der Waals surface area contributed by atoms with Crippen molar-refractivity contribution in [3.63, 3.8) is 0 Å². The smallest absolute Gasteiger partial charge is 0.370 e. The van der Waals surface area contributed by atoms with Gasteiger partial charge in [-0.3, -0.25) is 0 Å². The zero-order valence-electron chi connectivity index (χ0n) is 10.3. The van der Waals surface area contributed by atoms with Gasteiger partial charge >= 0.3 is 6.18 Å². The largest absolute Gasteiger partial charge is 0.451 e. The summed E-state index contributed by atoms with van der Waals surface area (Å²) in [4.78, 5) is 7.01. The monoisotopic (exact) mass is 279 g/mol. The lowest BCUT2D eigenvalue weighted by atomic mass is 10.4. The Labute approximate surface area is 109 Å². The highest BCUT2D eigenvalue weighted by Gasteiger charge is 2.35. The molecule has 3 nitrogen and oxygen atoms in total. The van der Waals surface area contributed by atoms with Crippen LogP contribution < -0.4 is 5.32 Å². The van der Waals surface area contributed by atoms with Gasteiger partial charge in [0.25, 0.3) is 0 Å². The molecule has 0 spiro atoms. The highest BCUT2D eigenvalue weighted by atomic mass is 32.2. The fourth-order valence-electron chi connectivity index (χ4n) is 1.22. The molecule has 0 saturated heterocycles. The van der Waals surface area contributed by atoms with E-state index in [9.17, 15) is 13.2 Å². The maximum absolute atomic E-state index is 12.6. The van der Waals surface area contributed by atoms with Gasteiger partial charge in [0.05, 0.1) is 0 Å². The quantitative estimate of drug-likeness (QED) is 0.488. The van der Waals surface area contributed by atoms with E-state index in [1.807, 2.05) is 6.92 Å². The number of anilines is 1. The Morgan fingerprint density at radius 1 is 1.28 bits per heavy atom. The number of nitrogens with zero attached hydrogens (tertiary/aromatic N) is 2. The highest BCUT2D eigenvalue weighted by molar-refractivity contribution is 7.99. The van der Waals surface area contributed by atoms with Gasteiger partial charge in [-0.05, 0) is 19.1 Å². The molecule has 7 heteroatoms. The SMILES string of the molecule is CCCCSc1cc(NCC)nc(C(F)(F)F)n1. The van der Waals surface area contributed by atoms with Crippen molar-refractivity contribution in [3.8, 4) is 0 Å². The minimum absolute atomic E-state index is 0.221. The van der Waals surface area contributed by atoms with Crippen molar-refractivity contribution in [3.05, 3.63) is 11.9 Å². The fraction of sp³-hybridized carbons (Fsp3) is 0.636. The molecule has 102 valence electrons. The molecule has 0 bridgehead atoms. The zero-order chi connectivity index (χ0) is 13.6. The van der Waals surface area contributed by atoms with E-state index in [-0.39, 0.29) is 5.82 Å². The Morgan fingerprint density at radius 2 is 2.00 bits per heavy atom. The van der Waals surface area contributed by atoms with Crippen LogP contribution in [-0.4, -0.2) is 22.3 Å². The third-order valence-corrected chi connectivity index (χ3v) is 3.06. The summed E-state index contributed by atoms with van der Waals surface area (Å²) in [5.74, 6) is -0.102. The van der Waals surface area contributed by atoms with Crippen LogP contribution in [0.5, 0.6) is 0 Å². The first kappa shape index (κ1) is 15.1. The Bertz CT molecular complexity index is 382. The minimum atomic E-state index is -4.51. The summed E-state index contributed by atoms with van der Waals surface area (Å²) in [5.41, 5.74) is 0. The van der Waals surface area contributed by atoms with Crippen molar-refractivity contribution >= 4 is 17.6 Å². The summed E-state index contributed by atoms with van der Waals surface area (Å²) < 4.78 is 37.8. The lowest BCUT2D eigenvalue weighted by Gasteiger charge is -2.10. The molecule has 1 N–H and O–H groups in total. The van der Waals surface area contributed by atoms with E-state index in [0.717, 1.165) is 18.6 Å². The molecule has 0 saturated carbocycles. The van der Waals surface area contributed by atoms with Gasteiger partial charge in [0, 0.05) is 12.6 Å². The molecule has 0 fully saturated rings. The van der Waals surface area contributed by atoms with Crippen molar-refractivity contribution in [2.24, 2.45) is 0 Å². The second-order valence-electron chi connectivity index (χ2n) is 3.65. The first-order valence-electron chi connectivity index (χ1n) is 5.80. The van der Waals surface area contributed by atoms with Gasteiger partial charge in [0.15, 0.2) is 0 Å². The average molecular weight is 279 g/mol. The lowest BCUT2D eigenvalue weighted by molar-refractivity contribution is -0.145. The van der Waals surface area contributed by atoms with E-state index < -0.39 is 12.0 Å². The predicted molar refractivity (Wildman–Crippen MR) is 66.8 cm³/mol. The maximum atomic E-state index is 12.6. The van der Waals surface area contributed by atoms with Crippen LogP contribution in [0, 0.1) is 0 Å². The molecule has 0 aromatic carbocycles. The van der Waals surface area contributed by atoms with E-state index in [0.29, 0.717) is 11.6 Å². The van der Waals surface area contributed by atoms with Gasteiger partial charge in [-0.25, -0.2) is 9.97 Å². The van der Waals surface area contributed by atoms with E-state index in [4.69, 9.17) is 0 Å². The van der Waals surface area contributed by atoms with Crippen molar-refractivity contribution in [1.82, 2.24) is 9.97 Å². The third kappa shape index (κ3) is 4.72. The molecule has 1 rings (SSSR count). The van der Waals surface area contributed by atoms with Crippen molar-refractivity contribution < 1.29 is 13.2 Å². The summed E-state index contributed by atoms with van der Waals surface area (Å²) in [6.07, 6.45) is -2.55. The number of alkyl halides is 3. The normalized spacial score (nSPS) is 11.6. The summed E-state index contributed by atoms with van der Waals surface area (Å²) >= 11 is 1.32. The Balaban J connectivity index is 2.91. The van der Waals surface area contributed by atoms with Crippen molar-refractivity contribution in [2.75, 3.05) is 17.6 Å². The fourth-order valence-corrected chi connectivity index (χ4v) is 2.21. The summed E-state index contributed by atoms with van der Waals surface area (Å²) in [5, 5.41) is 3.15. The summed E-state index contributed by atoms with van der Waals surface area (Å²) in [7, 11) is 0. The van der Waals surface area contributed by atoms with Crippen LogP contribution >= 0.6 is 11.8 Å². The Hall–Kier alpha value is -0.980. The molecule has 0 amide bonds. The molecule has 0 aliphatic carbocycles. The van der Waals surface area contributed by atoms with E-state index in [2.05, 4.69) is 15.3 Å². The molecule has 0 aliphatic heterocycles. The average Bonchev–Trinajstić information content (AvgIpc) is 2.28. The van der Waals surface area contributed by atoms with Gasteiger partial charge in [0.2, 0.25) is 5.82 Å². The van der Waals surface area contributed by atoms with Gasteiger partial charge < -0.3 is 5.32 Å². The molecule has 18 heavy (non-hydrogen) atoms. The molecule has 1 aromatic heterocycles. The summed E-state index contributed by atoms with van der Waals surface area (Å²) in [6, 6.07) is 1.55. The predicted octanol–water partition coefficient (Wildman–Crippen LogP) is 3.82. The van der Waals surface area contributed by atoms with E-state index in [1.165, 1.54) is 11.8 Å². The number of nitrogens with one attached hydrogen (secondary N) is 1. The Kier molecular flexibility index (Phi) is 5.71. The molecular weight excluding hydrogens is 263 g/mol. The second kappa shape index (κ2) is 6.82. The van der Waals surface area contributed by atoms with Gasteiger partial charge in [0.1, 0.15) is 10.8 Å². The second-order valence-corrected chi connectivity index (χ2v) is 4.76. The van der Waals surface area contributed by atoms with E-state index >= 15 is 0 Å². The van der Waals surface area contributed by atoms with Crippen LogP contribution in [0.25, 0.3) is 0 Å². The molecule has 1 aromatic rings. The molecule has 0 unspecified atom stereocenters. The molecular formula is C11H16F3N3S. The number of hydrogen-bond acceptors (Lipinski definition) is 4. The number of hydrogen-bond donors (Lipinski definition) is 1. The number of thioether (sulfide) groups is 1. The van der Waals surface area contributed by atoms with Crippen LogP contribution in [0.15, 0.2) is 11.1 Å². The number of unbranched alkanes of at least 4 members (excludes halogenated alkanes) is 1. The minimum Gasteiger partial charge on any atom is -0.370 e. The molecule has 0 atom stereocenters. The van der Waals surface area contributed by atoms with Crippen molar-refractivity contribution in [1.29, 1.82) is 0 Å². The highest BCUT2D eigenvalue weighted by Crippen LogP contribution is 2.29. The van der Waals surface area contributed by atoms with Crippen molar-refractivity contribution in [2.45, 2.75) is 37.9 Å². The molecule has 1 heterocycles. The number of rotatable bonds is 6. The van der Waals surface area contributed by atoms with Crippen LogP contribution in [0.2, 0.25) is 0 Å². The summed E-state index contributed by atoms with van der Waals surface area (Å²) in [6.45, 7) is 4.36. The van der Waals surface area contributed by atoms with Crippen LogP contribution in [0.3, 0.4) is 0 Å².